The predicted octanol–water partition coefficient (Wildman–Crippen LogP) is 3.28. The quantitative estimate of drug-likeness (QED) is 0.840. The summed E-state index contributed by atoms with van der Waals surface area (Å²) in [6.07, 6.45) is 7.52. The Kier molecular flexibility index (Phi) is 6.03. The molecule has 1 N–H and O–H groups in total. The van der Waals surface area contributed by atoms with Gasteiger partial charge in [0, 0.05) is 30.5 Å². The number of nitrogens with one attached hydrogen (secondary N) is 1. The van der Waals surface area contributed by atoms with Crippen molar-refractivity contribution in [3.63, 3.8) is 0 Å². The first kappa shape index (κ1) is 20.9. The minimum Gasteiger partial charge on any atom is -0.376 e. The fraction of sp³-hybridized carbons (Fsp3) is 0.826. The summed E-state index contributed by atoms with van der Waals surface area (Å²) < 4.78 is 5.90. The number of rotatable bonds is 4. The molecular formula is C23H38N4O2. The maximum absolute atomic E-state index is 13.8. The summed E-state index contributed by atoms with van der Waals surface area (Å²) in [5.74, 6) is 0.705. The van der Waals surface area contributed by atoms with Crippen LogP contribution < -0.4 is 0 Å². The molecule has 1 aromatic rings. The molecule has 4 rings (SSSR count). The highest BCUT2D eigenvalue weighted by Crippen LogP contribution is 2.38. The van der Waals surface area contributed by atoms with Crippen molar-refractivity contribution >= 4 is 5.91 Å². The zero-order chi connectivity index (χ0) is 20.6. The fourth-order valence-corrected chi connectivity index (χ4v) is 5.26. The van der Waals surface area contributed by atoms with Crippen LogP contribution in [0.2, 0.25) is 0 Å². The molecule has 0 spiro atoms. The molecular weight excluding hydrogens is 364 g/mol. The maximum Gasteiger partial charge on any atom is 0.274 e. The summed E-state index contributed by atoms with van der Waals surface area (Å²) in [6.45, 7) is 10.6. The van der Waals surface area contributed by atoms with Gasteiger partial charge in [0.2, 0.25) is 0 Å². The Morgan fingerprint density at radius 3 is 2.66 bits per heavy atom. The normalized spacial score (nSPS) is 26.5. The van der Waals surface area contributed by atoms with Crippen molar-refractivity contribution in [1.29, 1.82) is 0 Å². The number of amides is 1. The number of fused-ring (bicyclic) bond motifs is 1. The number of carbonyl (C=O) groups excluding carboxylic acids is 1. The molecule has 162 valence electrons. The van der Waals surface area contributed by atoms with E-state index >= 15 is 0 Å². The van der Waals surface area contributed by atoms with Crippen LogP contribution in [0.15, 0.2) is 0 Å². The lowest BCUT2D eigenvalue weighted by Gasteiger charge is -2.38. The van der Waals surface area contributed by atoms with Gasteiger partial charge in [-0.15, -0.1) is 0 Å². The average Bonchev–Trinajstić information content (AvgIpc) is 3.35. The molecule has 1 amide bonds. The van der Waals surface area contributed by atoms with E-state index in [-0.39, 0.29) is 23.5 Å². The third kappa shape index (κ3) is 4.53. The van der Waals surface area contributed by atoms with E-state index < -0.39 is 0 Å². The number of aryl methyl sites for hydroxylation is 1. The number of nitrogens with zero attached hydrogens (tertiary/aromatic N) is 3. The van der Waals surface area contributed by atoms with E-state index in [4.69, 9.17) is 4.74 Å². The van der Waals surface area contributed by atoms with E-state index in [1.54, 1.807) is 0 Å². The number of aromatic amines is 1. The number of hydrogen-bond acceptors (Lipinski definition) is 4. The van der Waals surface area contributed by atoms with Gasteiger partial charge < -0.3 is 14.5 Å². The van der Waals surface area contributed by atoms with Gasteiger partial charge in [-0.25, -0.2) is 0 Å². The van der Waals surface area contributed by atoms with Gasteiger partial charge in [0.25, 0.3) is 5.91 Å². The Hall–Kier alpha value is -1.40. The summed E-state index contributed by atoms with van der Waals surface area (Å²) in [5, 5.41) is 7.75. The Labute approximate surface area is 175 Å². The van der Waals surface area contributed by atoms with E-state index in [0.29, 0.717) is 18.2 Å². The lowest BCUT2D eigenvalue weighted by molar-refractivity contribution is 0.0314. The number of piperidine rings is 1. The number of H-pyrrole nitrogens is 1. The van der Waals surface area contributed by atoms with Crippen molar-refractivity contribution in [1.82, 2.24) is 20.0 Å². The van der Waals surface area contributed by atoms with Gasteiger partial charge in [-0.1, -0.05) is 20.8 Å². The Morgan fingerprint density at radius 1 is 1.24 bits per heavy atom. The fourth-order valence-electron chi connectivity index (χ4n) is 5.26. The number of aromatic nitrogens is 2. The van der Waals surface area contributed by atoms with Gasteiger partial charge in [-0.2, -0.15) is 5.10 Å². The SMILES string of the molecule is CN1CCC(N(CC2CCCO2)C(=O)c2n[nH]c3c2CC(C(C)(C)C)CC3)CC1. The van der Waals surface area contributed by atoms with Crippen LogP contribution in [0, 0.1) is 11.3 Å². The van der Waals surface area contributed by atoms with E-state index in [0.717, 1.165) is 58.2 Å². The molecule has 0 aromatic carbocycles. The smallest absolute Gasteiger partial charge is 0.274 e. The predicted molar refractivity (Wildman–Crippen MR) is 114 cm³/mol. The molecule has 3 aliphatic rings. The standard InChI is InChI=1S/C23H38N4O2/c1-23(2,3)16-7-8-20-19(14-16)21(25-24-20)22(28)27(15-18-6-5-13-29-18)17-9-11-26(4)12-10-17/h16-18H,5-15H2,1-4H3,(H,24,25). The van der Waals surface area contributed by atoms with Gasteiger partial charge in [-0.3, -0.25) is 9.89 Å². The van der Waals surface area contributed by atoms with Crippen molar-refractivity contribution in [3.8, 4) is 0 Å². The van der Waals surface area contributed by atoms with Crippen LogP contribution in [0.1, 0.15) is 74.6 Å². The van der Waals surface area contributed by atoms with Crippen LogP contribution in [0.3, 0.4) is 0 Å². The van der Waals surface area contributed by atoms with Crippen LogP contribution in [0.25, 0.3) is 0 Å². The highest BCUT2D eigenvalue weighted by molar-refractivity contribution is 5.94. The summed E-state index contributed by atoms with van der Waals surface area (Å²) in [7, 11) is 2.17. The summed E-state index contributed by atoms with van der Waals surface area (Å²) in [5.41, 5.74) is 3.27. The second-order valence-electron chi connectivity index (χ2n) is 10.5. The van der Waals surface area contributed by atoms with Crippen LogP contribution >= 0.6 is 0 Å². The van der Waals surface area contributed by atoms with Crippen LogP contribution in [0.5, 0.6) is 0 Å². The topological polar surface area (TPSA) is 61.5 Å². The van der Waals surface area contributed by atoms with Gasteiger partial charge in [-0.05, 0) is 76.4 Å². The van der Waals surface area contributed by atoms with Gasteiger partial charge >= 0.3 is 0 Å². The summed E-state index contributed by atoms with van der Waals surface area (Å²) >= 11 is 0. The first-order valence-electron chi connectivity index (χ1n) is 11.5. The summed E-state index contributed by atoms with van der Waals surface area (Å²) in [6, 6.07) is 0.289. The van der Waals surface area contributed by atoms with Crippen molar-refractivity contribution in [2.75, 3.05) is 33.3 Å². The first-order chi connectivity index (χ1) is 13.8. The second-order valence-corrected chi connectivity index (χ2v) is 10.5. The molecule has 6 heteroatoms. The Bertz CT molecular complexity index is 709. The van der Waals surface area contributed by atoms with Crippen molar-refractivity contribution in [2.24, 2.45) is 11.3 Å². The lowest BCUT2D eigenvalue weighted by atomic mass is 9.71. The molecule has 0 bridgehead atoms. The number of carbonyl (C=O) groups is 1. The zero-order valence-corrected chi connectivity index (χ0v) is 18.7. The minimum absolute atomic E-state index is 0.113. The van der Waals surface area contributed by atoms with Gasteiger partial charge in [0.05, 0.1) is 6.10 Å². The Morgan fingerprint density at radius 2 is 2.00 bits per heavy atom. The number of likely N-dealkylation sites (tertiary alicyclic amines) is 1. The monoisotopic (exact) mass is 402 g/mol. The number of hydrogen-bond donors (Lipinski definition) is 1. The van der Waals surface area contributed by atoms with Crippen molar-refractivity contribution in [2.45, 2.75) is 77.9 Å². The highest BCUT2D eigenvalue weighted by Gasteiger charge is 2.36. The maximum atomic E-state index is 13.8. The molecule has 2 unspecified atom stereocenters. The van der Waals surface area contributed by atoms with Crippen molar-refractivity contribution < 1.29 is 9.53 Å². The minimum atomic E-state index is 0.113. The van der Waals surface area contributed by atoms with Crippen molar-refractivity contribution in [3.05, 3.63) is 17.0 Å². The molecule has 2 atom stereocenters. The van der Waals surface area contributed by atoms with Gasteiger partial charge in [0.1, 0.15) is 0 Å². The first-order valence-corrected chi connectivity index (χ1v) is 11.5. The third-order valence-electron chi connectivity index (χ3n) is 7.39. The van der Waals surface area contributed by atoms with Gasteiger partial charge in [0.15, 0.2) is 5.69 Å². The average molecular weight is 403 g/mol. The van der Waals surface area contributed by atoms with Crippen LogP contribution in [0.4, 0.5) is 0 Å². The summed E-state index contributed by atoms with van der Waals surface area (Å²) in [4.78, 5) is 18.2. The molecule has 0 radical (unpaired) electrons. The third-order valence-corrected chi connectivity index (χ3v) is 7.39. The number of ether oxygens (including phenoxy) is 1. The molecule has 0 saturated carbocycles. The van der Waals surface area contributed by atoms with E-state index in [1.807, 2.05) is 0 Å². The molecule has 1 aliphatic carbocycles. The Balaban J connectivity index is 1.57. The molecule has 2 aliphatic heterocycles. The molecule has 29 heavy (non-hydrogen) atoms. The molecule has 6 nitrogen and oxygen atoms in total. The molecule has 1 aromatic heterocycles. The van der Waals surface area contributed by atoms with E-state index in [1.165, 1.54) is 17.7 Å². The largest absolute Gasteiger partial charge is 0.376 e. The van der Waals surface area contributed by atoms with E-state index in [9.17, 15) is 4.79 Å². The second kappa shape index (κ2) is 8.38. The highest BCUT2D eigenvalue weighted by atomic mass is 16.5. The van der Waals surface area contributed by atoms with E-state index in [2.05, 4.69) is 47.8 Å². The lowest BCUT2D eigenvalue weighted by Crippen LogP contribution is -2.49. The molecule has 2 fully saturated rings. The molecule has 2 saturated heterocycles. The van der Waals surface area contributed by atoms with Crippen LogP contribution in [-0.2, 0) is 17.6 Å². The zero-order valence-electron chi connectivity index (χ0n) is 18.7. The molecule has 3 heterocycles. The van der Waals surface area contributed by atoms with Crippen LogP contribution in [-0.4, -0.2) is 71.3 Å².